The molecule has 3 heterocycles. The van der Waals surface area contributed by atoms with E-state index in [1.54, 1.807) is 0 Å². The summed E-state index contributed by atoms with van der Waals surface area (Å²) >= 11 is 0. The molecule has 32 heavy (non-hydrogen) atoms. The van der Waals surface area contributed by atoms with Gasteiger partial charge in [-0.3, -0.25) is 0 Å². The molecular formula is C25H37IN6. The van der Waals surface area contributed by atoms with Gasteiger partial charge in [0.15, 0.2) is 5.96 Å². The molecule has 7 heteroatoms. The third-order valence-corrected chi connectivity index (χ3v) is 6.18. The molecule has 2 saturated heterocycles. The summed E-state index contributed by atoms with van der Waals surface area (Å²) in [6.45, 7) is 10.1. The number of benzene rings is 1. The summed E-state index contributed by atoms with van der Waals surface area (Å²) in [7, 11) is 0. The van der Waals surface area contributed by atoms with Crippen molar-refractivity contribution >= 4 is 41.4 Å². The van der Waals surface area contributed by atoms with Gasteiger partial charge in [0.25, 0.3) is 0 Å². The minimum Gasteiger partial charge on any atom is -0.369 e. The number of guanidine groups is 1. The number of hydrogen-bond acceptors (Lipinski definition) is 4. The maximum atomic E-state index is 4.87. The first kappa shape index (κ1) is 24.6. The highest BCUT2D eigenvalue weighted by molar-refractivity contribution is 14.0. The Bertz CT molecular complexity index is 863. The Morgan fingerprint density at radius 1 is 1.06 bits per heavy atom. The number of anilines is 2. The Labute approximate surface area is 209 Å². The summed E-state index contributed by atoms with van der Waals surface area (Å²) in [6, 6.07) is 13.5. The topological polar surface area (TPSA) is 55.8 Å². The standard InChI is InChI=1S/C25H36N6.HI/c1-3-26-25(29-22-12-16-31(19-22)23-9-7-20(2)8-10-23)28-18-21-11-13-27-24(17-21)30-14-5-4-6-15-30;/h7-11,13,17,22H,3-6,12,14-16,18-19H2,1-2H3,(H2,26,28,29);1H. The average Bonchev–Trinajstić information content (AvgIpc) is 3.27. The molecule has 0 radical (unpaired) electrons. The fraction of sp³-hybridized carbons (Fsp3) is 0.520. The van der Waals surface area contributed by atoms with Crippen LogP contribution >= 0.6 is 24.0 Å². The van der Waals surface area contributed by atoms with E-state index in [0.29, 0.717) is 12.6 Å². The number of rotatable bonds is 6. The van der Waals surface area contributed by atoms with Crippen molar-refractivity contribution in [2.75, 3.05) is 42.5 Å². The molecule has 174 valence electrons. The number of halogens is 1. The van der Waals surface area contributed by atoms with E-state index in [2.05, 4.69) is 75.7 Å². The summed E-state index contributed by atoms with van der Waals surface area (Å²) < 4.78 is 0. The van der Waals surface area contributed by atoms with Gasteiger partial charge in [-0.2, -0.15) is 0 Å². The van der Waals surface area contributed by atoms with Crippen molar-refractivity contribution in [3.63, 3.8) is 0 Å². The first-order chi connectivity index (χ1) is 15.2. The van der Waals surface area contributed by atoms with Gasteiger partial charge < -0.3 is 20.4 Å². The van der Waals surface area contributed by atoms with Crippen molar-refractivity contribution < 1.29 is 0 Å². The van der Waals surface area contributed by atoms with Gasteiger partial charge in [0.2, 0.25) is 0 Å². The second kappa shape index (κ2) is 12.3. The van der Waals surface area contributed by atoms with Crippen molar-refractivity contribution in [1.29, 1.82) is 0 Å². The van der Waals surface area contributed by atoms with Gasteiger partial charge in [-0.1, -0.05) is 17.7 Å². The molecule has 0 aliphatic carbocycles. The SMILES string of the molecule is CCNC(=NCc1ccnc(N2CCCCC2)c1)NC1CCN(c2ccc(C)cc2)C1.I. The van der Waals surface area contributed by atoms with Crippen molar-refractivity contribution in [2.24, 2.45) is 4.99 Å². The fourth-order valence-corrected chi connectivity index (χ4v) is 4.41. The Morgan fingerprint density at radius 3 is 2.59 bits per heavy atom. The highest BCUT2D eigenvalue weighted by Crippen LogP contribution is 2.21. The molecule has 4 rings (SSSR count). The maximum Gasteiger partial charge on any atom is 0.191 e. The summed E-state index contributed by atoms with van der Waals surface area (Å²) in [5.41, 5.74) is 3.82. The lowest BCUT2D eigenvalue weighted by Gasteiger charge is -2.27. The number of nitrogens with zero attached hydrogens (tertiary/aromatic N) is 4. The lowest BCUT2D eigenvalue weighted by molar-refractivity contribution is 0.573. The zero-order valence-electron chi connectivity index (χ0n) is 19.4. The number of pyridine rings is 1. The molecule has 0 saturated carbocycles. The first-order valence-electron chi connectivity index (χ1n) is 11.8. The highest BCUT2D eigenvalue weighted by Gasteiger charge is 2.23. The van der Waals surface area contributed by atoms with Crippen LogP contribution < -0.4 is 20.4 Å². The molecule has 2 aromatic rings. The van der Waals surface area contributed by atoms with Crippen LogP contribution in [0.2, 0.25) is 0 Å². The van der Waals surface area contributed by atoms with Crippen LogP contribution in [0.25, 0.3) is 0 Å². The number of aromatic nitrogens is 1. The zero-order valence-corrected chi connectivity index (χ0v) is 21.7. The van der Waals surface area contributed by atoms with Crippen LogP contribution in [-0.4, -0.2) is 49.7 Å². The molecule has 2 fully saturated rings. The van der Waals surface area contributed by atoms with Crippen LogP contribution in [0, 0.1) is 6.92 Å². The van der Waals surface area contributed by atoms with E-state index in [0.717, 1.165) is 50.9 Å². The molecule has 1 aromatic carbocycles. The monoisotopic (exact) mass is 548 g/mol. The van der Waals surface area contributed by atoms with Crippen molar-refractivity contribution in [3.05, 3.63) is 53.7 Å². The van der Waals surface area contributed by atoms with Gasteiger partial charge in [0.05, 0.1) is 6.54 Å². The molecule has 2 aliphatic rings. The molecule has 1 atom stereocenters. The third kappa shape index (κ3) is 6.73. The molecule has 1 unspecified atom stereocenters. The van der Waals surface area contributed by atoms with E-state index in [4.69, 9.17) is 4.99 Å². The van der Waals surface area contributed by atoms with Crippen LogP contribution in [-0.2, 0) is 6.54 Å². The lowest BCUT2D eigenvalue weighted by atomic mass is 10.1. The number of aliphatic imine (C=N–C) groups is 1. The van der Waals surface area contributed by atoms with E-state index in [1.807, 2.05) is 6.20 Å². The molecule has 0 bridgehead atoms. The fourth-order valence-electron chi connectivity index (χ4n) is 4.41. The van der Waals surface area contributed by atoms with Crippen LogP contribution in [0.4, 0.5) is 11.5 Å². The highest BCUT2D eigenvalue weighted by atomic mass is 127. The molecule has 0 amide bonds. The van der Waals surface area contributed by atoms with Crippen LogP contribution in [0.1, 0.15) is 43.7 Å². The second-order valence-electron chi connectivity index (χ2n) is 8.68. The van der Waals surface area contributed by atoms with Crippen LogP contribution in [0.15, 0.2) is 47.6 Å². The average molecular weight is 549 g/mol. The van der Waals surface area contributed by atoms with Gasteiger partial charge in [-0.15, -0.1) is 24.0 Å². The largest absolute Gasteiger partial charge is 0.369 e. The smallest absolute Gasteiger partial charge is 0.191 e. The maximum absolute atomic E-state index is 4.87. The molecule has 0 spiro atoms. The predicted molar refractivity (Wildman–Crippen MR) is 145 cm³/mol. The minimum absolute atomic E-state index is 0. The molecule has 2 aliphatic heterocycles. The quantitative estimate of drug-likeness (QED) is 0.320. The third-order valence-electron chi connectivity index (χ3n) is 6.18. The zero-order chi connectivity index (χ0) is 21.5. The normalized spacial score (nSPS) is 18.9. The van der Waals surface area contributed by atoms with E-state index < -0.39 is 0 Å². The summed E-state index contributed by atoms with van der Waals surface area (Å²) in [6.07, 6.45) is 6.90. The molecule has 6 nitrogen and oxygen atoms in total. The Morgan fingerprint density at radius 2 is 1.84 bits per heavy atom. The summed E-state index contributed by atoms with van der Waals surface area (Å²) in [5, 5.41) is 7.06. The van der Waals surface area contributed by atoms with Gasteiger partial charge in [-0.25, -0.2) is 9.98 Å². The lowest BCUT2D eigenvalue weighted by Crippen LogP contribution is -2.44. The van der Waals surface area contributed by atoms with Gasteiger partial charge in [0, 0.05) is 50.6 Å². The van der Waals surface area contributed by atoms with Gasteiger partial charge in [-0.05, 0) is 69.4 Å². The van der Waals surface area contributed by atoms with Crippen LogP contribution in [0.5, 0.6) is 0 Å². The van der Waals surface area contributed by atoms with Gasteiger partial charge in [0.1, 0.15) is 5.82 Å². The van der Waals surface area contributed by atoms with Crippen molar-refractivity contribution in [3.8, 4) is 0 Å². The Hall–Kier alpha value is -2.03. The Kier molecular flexibility index (Phi) is 9.44. The second-order valence-corrected chi connectivity index (χ2v) is 8.68. The molecule has 1 aromatic heterocycles. The van der Waals surface area contributed by atoms with Crippen molar-refractivity contribution in [2.45, 2.75) is 52.1 Å². The van der Waals surface area contributed by atoms with Crippen molar-refractivity contribution in [1.82, 2.24) is 15.6 Å². The minimum atomic E-state index is 0. The van der Waals surface area contributed by atoms with Gasteiger partial charge >= 0.3 is 0 Å². The first-order valence-corrected chi connectivity index (χ1v) is 11.8. The summed E-state index contributed by atoms with van der Waals surface area (Å²) in [5.74, 6) is 1.99. The van der Waals surface area contributed by atoms with E-state index in [-0.39, 0.29) is 24.0 Å². The number of hydrogen-bond donors (Lipinski definition) is 2. The number of nitrogens with one attached hydrogen (secondary N) is 2. The van der Waals surface area contributed by atoms with Crippen LogP contribution in [0.3, 0.4) is 0 Å². The Balaban J connectivity index is 0.00000289. The predicted octanol–water partition coefficient (Wildman–Crippen LogP) is 4.33. The van der Waals surface area contributed by atoms with E-state index in [1.165, 1.54) is 36.1 Å². The molecular weight excluding hydrogens is 511 g/mol. The van der Waals surface area contributed by atoms with E-state index in [9.17, 15) is 0 Å². The number of piperidine rings is 1. The number of aryl methyl sites for hydroxylation is 1. The summed E-state index contributed by atoms with van der Waals surface area (Å²) in [4.78, 5) is 14.3. The molecule has 2 N–H and O–H groups in total. The van der Waals surface area contributed by atoms with E-state index >= 15 is 0 Å².